The van der Waals surface area contributed by atoms with Crippen molar-refractivity contribution in [2.45, 2.75) is 76.7 Å². The molecule has 1 saturated heterocycles. The molecule has 0 aromatic carbocycles. The third-order valence-corrected chi connectivity index (χ3v) is 4.28. The summed E-state index contributed by atoms with van der Waals surface area (Å²) in [5.41, 5.74) is 5.44. The molecule has 0 radical (unpaired) electrons. The van der Waals surface area contributed by atoms with Crippen LogP contribution in [-0.4, -0.2) is 38.0 Å². The predicted molar refractivity (Wildman–Crippen MR) is 89.5 cm³/mol. The van der Waals surface area contributed by atoms with Gasteiger partial charge in [-0.2, -0.15) is 0 Å². The Bertz CT molecular complexity index is 252. The molecule has 4 heteroatoms. The number of ketones is 1. The SMILES string of the molecule is NCCCNCCCCCCCCCC(=O)C1CCCN1. The van der Waals surface area contributed by atoms with Crippen LogP contribution in [0.15, 0.2) is 0 Å². The van der Waals surface area contributed by atoms with Crippen molar-refractivity contribution in [3.63, 3.8) is 0 Å². The fourth-order valence-electron chi connectivity index (χ4n) is 2.92. The first kappa shape index (κ1) is 18.6. The largest absolute Gasteiger partial charge is 0.330 e. The second-order valence-corrected chi connectivity index (χ2v) is 6.23. The lowest BCUT2D eigenvalue weighted by molar-refractivity contribution is -0.120. The molecule has 0 saturated carbocycles. The predicted octanol–water partition coefficient (Wildman–Crippen LogP) is 2.37. The van der Waals surface area contributed by atoms with E-state index in [1.165, 1.54) is 38.5 Å². The van der Waals surface area contributed by atoms with Gasteiger partial charge in [-0.3, -0.25) is 4.79 Å². The normalized spacial score (nSPS) is 18.2. The van der Waals surface area contributed by atoms with E-state index in [-0.39, 0.29) is 6.04 Å². The van der Waals surface area contributed by atoms with Gasteiger partial charge in [0.15, 0.2) is 0 Å². The van der Waals surface area contributed by atoms with Crippen molar-refractivity contribution in [3.05, 3.63) is 0 Å². The van der Waals surface area contributed by atoms with Gasteiger partial charge in [-0.15, -0.1) is 0 Å². The van der Waals surface area contributed by atoms with E-state index in [4.69, 9.17) is 5.73 Å². The summed E-state index contributed by atoms with van der Waals surface area (Å²) in [7, 11) is 0. The van der Waals surface area contributed by atoms with Gasteiger partial charge in [0.2, 0.25) is 0 Å². The molecule has 0 amide bonds. The zero-order valence-electron chi connectivity index (χ0n) is 13.7. The molecule has 0 aromatic rings. The van der Waals surface area contributed by atoms with Gasteiger partial charge >= 0.3 is 0 Å². The fraction of sp³-hybridized carbons (Fsp3) is 0.941. The summed E-state index contributed by atoms with van der Waals surface area (Å²) in [5, 5.41) is 6.70. The van der Waals surface area contributed by atoms with Crippen molar-refractivity contribution >= 4 is 5.78 Å². The third-order valence-electron chi connectivity index (χ3n) is 4.28. The standard InChI is InChI=1S/C17H35N3O/c18-12-9-14-19-13-7-5-3-1-2-4-6-11-17(21)16-10-8-15-20-16/h16,19-20H,1-15,18H2. The molecule has 1 aliphatic rings. The molecule has 1 heterocycles. The van der Waals surface area contributed by atoms with Crippen molar-refractivity contribution < 1.29 is 4.79 Å². The van der Waals surface area contributed by atoms with Gasteiger partial charge in [-0.1, -0.05) is 32.1 Å². The van der Waals surface area contributed by atoms with Gasteiger partial charge in [-0.25, -0.2) is 0 Å². The summed E-state index contributed by atoms with van der Waals surface area (Å²) in [6, 6.07) is 0.178. The average molecular weight is 297 g/mol. The van der Waals surface area contributed by atoms with Crippen LogP contribution in [0.5, 0.6) is 0 Å². The number of carbonyl (C=O) groups excluding carboxylic acids is 1. The Hall–Kier alpha value is -0.450. The minimum absolute atomic E-state index is 0.178. The van der Waals surface area contributed by atoms with Gasteiger partial charge < -0.3 is 16.4 Å². The minimum atomic E-state index is 0.178. The Kier molecular flexibility index (Phi) is 11.7. The Morgan fingerprint density at radius 3 is 2.33 bits per heavy atom. The molecule has 21 heavy (non-hydrogen) atoms. The Labute approximate surface area is 130 Å². The number of hydrogen-bond acceptors (Lipinski definition) is 4. The molecule has 1 rings (SSSR count). The Balaban J connectivity index is 1.75. The lowest BCUT2D eigenvalue weighted by Crippen LogP contribution is -2.30. The molecule has 4 N–H and O–H groups in total. The monoisotopic (exact) mass is 297 g/mol. The van der Waals surface area contributed by atoms with E-state index in [1.807, 2.05) is 0 Å². The first-order valence-electron chi connectivity index (χ1n) is 9.01. The second kappa shape index (κ2) is 13.2. The van der Waals surface area contributed by atoms with E-state index in [0.717, 1.165) is 58.3 Å². The smallest absolute Gasteiger partial charge is 0.149 e. The average Bonchev–Trinajstić information content (AvgIpc) is 3.02. The molecule has 0 bridgehead atoms. The molecule has 1 unspecified atom stereocenters. The molecule has 0 aromatic heterocycles. The van der Waals surface area contributed by atoms with E-state index in [1.54, 1.807) is 0 Å². The molecule has 124 valence electrons. The molecular weight excluding hydrogens is 262 g/mol. The van der Waals surface area contributed by atoms with Crippen LogP contribution < -0.4 is 16.4 Å². The maximum atomic E-state index is 11.9. The highest BCUT2D eigenvalue weighted by Crippen LogP contribution is 2.12. The van der Waals surface area contributed by atoms with Crippen molar-refractivity contribution in [2.24, 2.45) is 5.73 Å². The minimum Gasteiger partial charge on any atom is -0.330 e. The number of carbonyl (C=O) groups is 1. The molecular formula is C17H35N3O. The van der Waals surface area contributed by atoms with Crippen molar-refractivity contribution in [1.29, 1.82) is 0 Å². The van der Waals surface area contributed by atoms with Gasteiger partial charge in [0.25, 0.3) is 0 Å². The van der Waals surface area contributed by atoms with Gasteiger partial charge in [0.05, 0.1) is 6.04 Å². The number of nitrogens with two attached hydrogens (primary N) is 1. The van der Waals surface area contributed by atoms with E-state index >= 15 is 0 Å². The van der Waals surface area contributed by atoms with Crippen LogP contribution in [0.1, 0.15) is 70.6 Å². The molecule has 0 spiro atoms. The molecule has 1 atom stereocenters. The molecule has 4 nitrogen and oxygen atoms in total. The van der Waals surface area contributed by atoms with Gasteiger partial charge in [0, 0.05) is 6.42 Å². The van der Waals surface area contributed by atoms with Gasteiger partial charge in [0.1, 0.15) is 5.78 Å². The highest BCUT2D eigenvalue weighted by atomic mass is 16.1. The second-order valence-electron chi connectivity index (χ2n) is 6.23. The highest BCUT2D eigenvalue weighted by Gasteiger charge is 2.20. The van der Waals surface area contributed by atoms with Crippen molar-refractivity contribution in [3.8, 4) is 0 Å². The summed E-state index contributed by atoms with van der Waals surface area (Å²) in [6.45, 7) is 3.99. The summed E-state index contributed by atoms with van der Waals surface area (Å²) >= 11 is 0. The molecule has 1 fully saturated rings. The maximum absolute atomic E-state index is 11.9. The number of unbranched alkanes of at least 4 members (excludes halogenated alkanes) is 6. The summed E-state index contributed by atoms with van der Waals surface area (Å²) in [5.74, 6) is 0.441. The lowest BCUT2D eigenvalue weighted by atomic mass is 10.0. The number of nitrogens with one attached hydrogen (secondary N) is 2. The Morgan fingerprint density at radius 2 is 1.67 bits per heavy atom. The fourth-order valence-corrected chi connectivity index (χ4v) is 2.92. The van der Waals surface area contributed by atoms with Crippen LogP contribution >= 0.6 is 0 Å². The summed E-state index contributed by atoms with van der Waals surface area (Å²) < 4.78 is 0. The molecule has 0 aliphatic carbocycles. The summed E-state index contributed by atoms with van der Waals surface area (Å²) in [4.78, 5) is 11.9. The first-order valence-corrected chi connectivity index (χ1v) is 9.01. The van der Waals surface area contributed by atoms with Crippen molar-refractivity contribution in [2.75, 3.05) is 26.2 Å². The lowest BCUT2D eigenvalue weighted by Gasteiger charge is -2.08. The topological polar surface area (TPSA) is 67.1 Å². The molecule has 1 aliphatic heterocycles. The number of rotatable bonds is 14. The van der Waals surface area contributed by atoms with Gasteiger partial charge in [-0.05, 0) is 58.3 Å². The third kappa shape index (κ3) is 9.99. The zero-order valence-corrected chi connectivity index (χ0v) is 13.7. The van der Waals surface area contributed by atoms with Crippen LogP contribution in [0.25, 0.3) is 0 Å². The number of hydrogen-bond donors (Lipinski definition) is 3. The van der Waals surface area contributed by atoms with E-state index in [0.29, 0.717) is 5.78 Å². The van der Waals surface area contributed by atoms with E-state index < -0.39 is 0 Å². The zero-order chi connectivity index (χ0) is 15.2. The first-order chi connectivity index (χ1) is 10.3. The van der Waals surface area contributed by atoms with Crippen LogP contribution in [0.4, 0.5) is 0 Å². The van der Waals surface area contributed by atoms with Crippen molar-refractivity contribution in [1.82, 2.24) is 10.6 Å². The van der Waals surface area contributed by atoms with Crippen LogP contribution in [0.3, 0.4) is 0 Å². The van der Waals surface area contributed by atoms with E-state index in [9.17, 15) is 4.79 Å². The van der Waals surface area contributed by atoms with E-state index in [2.05, 4.69) is 10.6 Å². The Morgan fingerprint density at radius 1 is 1.00 bits per heavy atom. The maximum Gasteiger partial charge on any atom is 0.149 e. The number of Topliss-reactive ketones (excluding diaryl/α,β-unsaturated/α-hetero) is 1. The van der Waals surface area contributed by atoms with Crippen LogP contribution in [0.2, 0.25) is 0 Å². The quantitative estimate of drug-likeness (QED) is 0.431. The van der Waals surface area contributed by atoms with Crippen LogP contribution in [0, 0.1) is 0 Å². The van der Waals surface area contributed by atoms with Crippen LogP contribution in [-0.2, 0) is 4.79 Å². The highest BCUT2D eigenvalue weighted by molar-refractivity contribution is 5.84. The summed E-state index contributed by atoms with van der Waals surface area (Å²) in [6.07, 6.45) is 12.9.